The Hall–Kier alpha value is -4.16. The molecule has 0 heterocycles. The Kier molecular flexibility index (Phi) is 16.9. The summed E-state index contributed by atoms with van der Waals surface area (Å²) in [7, 11) is 0. The van der Waals surface area contributed by atoms with E-state index in [4.69, 9.17) is 47.4 Å². The zero-order valence-electron chi connectivity index (χ0n) is 25.9. The molecular weight excluding hydrogens is 592 g/mol. The van der Waals surface area contributed by atoms with E-state index in [-0.39, 0.29) is 0 Å². The Morgan fingerprint density at radius 2 is 0.500 bits per heavy atom. The van der Waals surface area contributed by atoms with Crippen LogP contribution in [0.1, 0.15) is 0 Å². The lowest BCUT2D eigenvalue weighted by molar-refractivity contribution is -0.205. The average molecular weight is 635 g/mol. The second-order valence-electron chi connectivity index (χ2n) is 9.49. The van der Waals surface area contributed by atoms with Crippen molar-refractivity contribution in [2.75, 3.05) is 66.1 Å². The van der Waals surface area contributed by atoms with Gasteiger partial charge in [0.25, 0.3) is 0 Å². The predicted molar refractivity (Wildman–Crippen MR) is 171 cm³/mol. The molecule has 246 valence electrons. The number of para-hydroxylation sites is 4. The number of hydrogen-bond acceptors (Lipinski definition) is 10. The number of benzene rings is 4. The number of hydrogen-bond donors (Lipinski definition) is 0. The Bertz CT molecular complexity index is 1080. The van der Waals surface area contributed by atoms with Crippen LogP contribution in [0.4, 0.5) is 0 Å². The summed E-state index contributed by atoms with van der Waals surface area (Å²) < 4.78 is 57.1. The van der Waals surface area contributed by atoms with Crippen molar-refractivity contribution in [3.63, 3.8) is 0 Å². The quantitative estimate of drug-likeness (QED) is 0.0642. The minimum atomic E-state index is -0.905. The van der Waals surface area contributed by atoms with Gasteiger partial charge in [0.1, 0.15) is 23.0 Å². The molecule has 0 aliphatic heterocycles. The van der Waals surface area contributed by atoms with E-state index in [1.54, 1.807) is 0 Å². The molecule has 0 aromatic heterocycles. The van der Waals surface area contributed by atoms with Gasteiger partial charge < -0.3 is 47.4 Å². The maximum Gasteiger partial charge on any atom is 0.360 e. The van der Waals surface area contributed by atoms with Gasteiger partial charge in [0.15, 0.2) is 0 Å². The van der Waals surface area contributed by atoms with E-state index in [1.807, 2.05) is 121 Å². The third kappa shape index (κ3) is 15.2. The van der Waals surface area contributed by atoms with E-state index in [0.717, 1.165) is 0 Å². The van der Waals surface area contributed by atoms with Gasteiger partial charge in [0, 0.05) is 0 Å². The van der Waals surface area contributed by atoms with Gasteiger partial charge in [-0.2, -0.15) is 0 Å². The summed E-state index contributed by atoms with van der Waals surface area (Å²) in [5.74, 6) is 2.59. The van der Waals surface area contributed by atoms with Crippen molar-refractivity contribution in [1.82, 2.24) is 0 Å². The molecule has 0 amide bonds. The van der Waals surface area contributed by atoms with Crippen molar-refractivity contribution in [3.05, 3.63) is 121 Å². The molecule has 10 nitrogen and oxygen atoms in total. The van der Waals surface area contributed by atoms with Crippen molar-refractivity contribution in [1.29, 1.82) is 0 Å². The second-order valence-corrected chi connectivity index (χ2v) is 9.49. The van der Waals surface area contributed by atoms with Crippen LogP contribution >= 0.6 is 0 Å². The van der Waals surface area contributed by atoms with E-state index >= 15 is 0 Å². The lowest BCUT2D eigenvalue weighted by atomic mass is 10.3. The van der Waals surface area contributed by atoms with Gasteiger partial charge >= 0.3 is 13.0 Å². The topological polar surface area (TPSA) is 92.3 Å². The molecule has 0 saturated heterocycles. The highest BCUT2D eigenvalue weighted by Gasteiger charge is 2.14. The third-order valence-electron chi connectivity index (χ3n) is 5.98. The monoisotopic (exact) mass is 634 g/mol. The van der Waals surface area contributed by atoms with Crippen LogP contribution < -0.4 is 18.9 Å². The van der Waals surface area contributed by atoms with Gasteiger partial charge in [0.2, 0.25) is 0 Å². The molecule has 0 aliphatic rings. The summed E-state index contributed by atoms with van der Waals surface area (Å²) in [6.07, 6.45) is 0. The summed E-state index contributed by atoms with van der Waals surface area (Å²) in [5.41, 5.74) is 0. The zero-order chi connectivity index (χ0) is 31.7. The van der Waals surface area contributed by atoms with Gasteiger partial charge in [-0.1, -0.05) is 72.8 Å². The summed E-state index contributed by atoms with van der Waals surface area (Å²) in [4.78, 5) is 0. The van der Waals surface area contributed by atoms with Gasteiger partial charge in [-0.25, -0.2) is 0 Å². The van der Waals surface area contributed by atoms with Crippen LogP contribution in [0.2, 0.25) is 0 Å². The molecule has 4 aromatic carbocycles. The summed E-state index contributed by atoms with van der Waals surface area (Å²) in [6, 6.07) is 37.5. The van der Waals surface area contributed by atoms with Crippen LogP contribution in [0.5, 0.6) is 23.0 Å². The molecule has 4 rings (SSSR count). The molecule has 0 radical (unpaired) electrons. The first-order valence-electron chi connectivity index (χ1n) is 15.3. The van der Waals surface area contributed by atoms with E-state index in [1.165, 1.54) is 0 Å². The number of ether oxygens (including phenoxy) is 10. The van der Waals surface area contributed by atoms with Crippen LogP contribution in [-0.4, -0.2) is 79.0 Å². The normalized spacial score (nSPS) is 11.1. The molecular formula is C36H42O10. The third-order valence-corrected chi connectivity index (χ3v) is 5.98. The van der Waals surface area contributed by atoms with Crippen molar-refractivity contribution in [3.8, 4) is 23.0 Å². The van der Waals surface area contributed by atoms with E-state index < -0.39 is 13.0 Å². The first-order valence-corrected chi connectivity index (χ1v) is 15.3. The molecule has 0 unspecified atom stereocenters. The Morgan fingerprint density at radius 1 is 0.283 bits per heavy atom. The smallest absolute Gasteiger partial charge is 0.360 e. The molecule has 4 aromatic rings. The van der Waals surface area contributed by atoms with Crippen molar-refractivity contribution >= 4 is 0 Å². The lowest BCUT2D eigenvalue weighted by Crippen LogP contribution is -2.29. The lowest BCUT2D eigenvalue weighted by Gasteiger charge is -2.20. The summed E-state index contributed by atoms with van der Waals surface area (Å²) in [6.45, 7) is 2.16. The molecule has 0 N–H and O–H groups in total. The maximum atomic E-state index is 5.82. The molecule has 0 atom stereocenters. The standard InChI is InChI=1S/C36H42O10/c1-5-13-31(14-6-1)43-35(44-32-15-7-2-8-16-32)41-29-27-39-25-23-37-21-22-38-24-26-40-28-30-42-36(45-33-17-9-3-10-18-33)46-34-19-11-4-12-20-34/h1-20,35-36H,21-30H2. The molecule has 0 saturated carbocycles. The summed E-state index contributed by atoms with van der Waals surface area (Å²) in [5, 5.41) is 0. The minimum Gasteiger partial charge on any atom is -0.432 e. The van der Waals surface area contributed by atoms with Crippen LogP contribution in [0.15, 0.2) is 121 Å². The van der Waals surface area contributed by atoms with Crippen molar-refractivity contribution in [2.45, 2.75) is 13.0 Å². The van der Waals surface area contributed by atoms with E-state index in [0.29, 0.717) is 89.1 Å². The first kappa shape index (κ1) is 34.7. The fraction of sp³-hybridized carbons (Fsp3) is 0.333. The summed E-state index contributed by atoms with van der Waals surface area (Å²) >= 11 is 0. The van der Waals surface area contributed by atoms with Gasteiger partial charge in [-0.15, -0.1) is 0 Å². The molecule has 0 fully saturated rings. The zero-order valence-corrected chi connectivity index (χ0v) is 25.9. The molecule has 46 heavy (non-hydrogen) atoms. The molecule has 10 heteroatoms. The van der Waals surface area contributed by atoms with Crippen LogP contribution in [0.3, 0.4) is 0 Å². The highest BCUT2D eigenvalue weighted by atomic mass is 16.9. The highest BCUT2D eigenvalue weighted by Crippen LogP contribution is 2.18. The van der Waals surface area contributed by atoms with E-state index in [9.17, 15) is 0 Å². The highest BCUT2D eigenvalue weighted by molar-refractivity contribution is 5.24. The second kappa shape index (κ2) is 22.4. The SMILES string of the molecule is c1ccc(OC(OCCOCCOCCOCCOCCOC(Oc2ccccc2)Oc2ccccc2)Oc2ccccc2)cc1. The fourth-order valence-electron chi connectivity index (χ4n) is 3.79. The van der Waals surface area contributed by atoms with Crippen molar-refractivity contribution in [2.24, 2.45) is 0 Å². The minimum absolute atomic E-state index is 0.291. The molecule has 0 aliphatic carbocycles. The number of rotatable bonds is 25. The van der Waals surface area contributed by atoms with Gasteiger partial charge in [0.05, 0.1) is 66.1 Å². The maximum absolute atomic E-state index is 5.82. The largest absolute Gasteiger partial charge is 0.432 e. The van der Waals surface area contributed by atoms with Crippen LogP contribution in [0.25, 0.3) is 0 Å². The Morgan fingerprint density at radius 3 is 0.739 bits per heavy atom. The predicted octanol–water partition coefficient (Wildman–Crippen LogP) is 5.97. The van der Waals surface area contributed by atoms with Crippen LogP contribution in [-0.2, 0) is 28.4 Å². The van der Waals surface area contributed by atoms with E-state index in [2.05, 4.69) is 0 Å². The van der Waals surface area contributed by atoms with Crippen LogP contribution in [0, 0.1) is 0 Å². The average Bonchev–Trinajstić information content (AvgIpc) is 3.10. The van der Waals surface area contributed by atoms with Gasteiger partial charge in [-0.3, -0.25) is 0 Å². The molecule has 0 bridgehead atoms. The Labute approximate surface area is 270 Å². The Balaban J connectivity index is 0.967. The molecule has 0 spiro atoms. The van der Waals surface area contributed by atoms with Gasteiger partial charge in [-0.05, 0) is 48.5 Å². The first-order chi connectivity index (χ1) is 22.8. The van der Waals surface area contributed by atoms with Crippen molar-refractivity contribution < 1.29 is 47.4 Å². The fourth-order valence-corrected chi connectivity index (χ4v) is 3.79.